The van der Waals surface area contributed by atoms with E-state index in [1.54, 1.807) is 0 Å². The molecule has 0 aromatic carbocycles. The van der Waals surface area contributed by atoms with Gasteiger partial charge in [0.15, 0.2) is 0 Å². The lowest BCUT2D eigenvalue weighted by Crippen LogP contribution is -2.55. The van der Waals surface area contributed by atoms with Gasteiger partial charge in [0.1, 0.15) is 0 Å². The third-order valence-corrected chi connectivity index (χ3v) is 8.60. The number of thiophene rings is 1. The number of hydrogen-bond acceptors (Lipinski definition) is 2. The first-order valence-corrected chi connectivity index (χ1v) is 10.2. The van der Waals surface area contributed by atoms with Gasteiger partial charge in [-0.05, 0) is 103 Å². The van der Waals surface area contributed by atoms with Crippen molar-refractivity contribution in [2.45, 2.75) is 64.5 Å². The molecule has 116 valence electrons. The molecule has 0 spiro atoms. The SMILES string of the molecule is CC(NC(C)C12CC3CC(CC(C3)C1)C2)c1sccc1Br. The molecule has 4 bridgehead atoms. The van der Waals surface area contributed by atoms with Crippen LogP contribution in [0.25, 0.3) is 0 Å². The maximum atomic E-state index is 3.96. The molecule has 0 amide bonds. The van der Waals surface area contributed by atoms with Crippen molar-refractivity contribution >= 4 is 27.3 Å². The normalized spacial score (nSPS) is 40.4. The van der Waals surface area contributed by atoms with Gasteiger partial charge >= 0.3 is 0 Å². The van der Waals surface area contributed by atoms with Crippen molar-refractivity contribution in [3.05, 3.63) is 20.8 Å². The van der Waals surface area contributed by atoms with E-state index in [0.717, 1.165) is 17.8 Å². The minimum atomic E-state index is 0.461. The molecule has 4 aliphatic carbocycles. The van der Waals surface area contributed by atoms with Crippen LogP contribution in [0.4, 0.5) is 0 Å². The first-order valence-electron chi connectivity index (χ1n) is 8.55. The van der Waals surface area contributed by atoms with E-state index in [-0.39, 0.29) is 0 Å². The smallest absolute Gasteiger partial charge is 0.0399 e. The van der Waals surface area contributed by atoms with E-state index in [1.807, 2.05) is 11.3 Å². The lowest BCUT2D eigenvalue weighted by molar-refractivity contribution is -0.0718. The molecule has 5 rings (SSSR count). The van der Waals surface area contributed by atoms with Crippen LogP contribution in [0.5, 0.6) is 0 Å². The van der Waals surface area contributed by atoms with Crippen LogP contribution in [-0.4, -0.2) is 6.04 Å². The lowest BCUT2D eigenvalue weighted by Gasteiger charge is -2.59. The van der Waals surface area contributed by atoms with Gasteiger partial charge in [-0.2, -0.15) is 0 Å². The molecule has 4 saturated carbocycles. The largest absolute Gasteiger partial charge is 0.306 e. The van der Waals surface area contributed by atoms with Crippen molar-refractivity contribution in [3.63, 3.8) is 0 Å². The average Bonchev–Trinajstić information content (AvgIpc) is 2.83. The maximum Gasteiger partial charge on any atom is 0.0399 e. The van der Waals surface area contributed by atoms with Crippen molar-refractivity contribution in [1.82, 2.24) is 5.32 Å². The Morgan fingerprint density at radius 1 is 1.14 bits per heavy atom. The number of rotatable bonds is 4. The second-order valence-corrected chi connectivity index (χ2v) is 9.82. The van der Waals surface area contributed by atoms with Crippen molar-refractivity contribution in [2.24, 2.45) is 23.2 Å². The highest BCUT2D eigenvalue weighted by atomic mass is 79.9. The highest BCUT2D eigenvalue weighted by molar-refractivity contribution is 9.10. The molecule has 1 heterocycles. The van der Waals surface area contributed by atoms with Crippen molar-refractivity contribution in [1.29, 1.82) is 0 Å². The molecule has 1 nitrogen and oxygen atoms in total. The predicted octanol–water partition coefficient (Wildman–Crippen LogP) is 5.77. The lowest BCUT2D eigenvalue weighted by atomic mass is 9.48. The van der Waals surface area contributed by atoms with Crippen LogP contribution in [0.2, 0.25) is 0 Å². The molecule has 0 saturated heterocycles. The summed E-state index contributed by atoms with van der Waals surface area (Å²) in [7, 11) is 0. The third-order valence-electron chi connectivity index (χ3n) is 6.54. The Morgan fingerprint density at radius 3 is 2.19 bits per heavy atom. The Morgan fingerprint density at radius 2 is 1.71 bits per heavy atom. The molecule has 3 heteroatoms. The van der Waals surface area contributed by atoms with Gasteiger partial charge in [-0.25, -0.2) is 0 Å². The van der Waals surface area contributed by atoms with Gasteiger partial charge in [-0.3, -0.25) is 0 Å². The first-order chi connectivity index (χ1) is 10.1. The van der Waals surface area contributed by atoms with Crippen LogP contribution in [0.3, 0.4) is 0 Å². The molecule has 0 radical (unpaired) electrons. The zero-order valence-corrected chi connectivity index (χ0v) is 15.5. The molecule has 0 aliphatic heterocycles. The fraction of sp³-hybridized carbons (Fsp3) is 0.778. The van der Waals surface area contributed by atoms with Crippen LogP contribution >= 0.6 is 27.3 Å². The predicted molar refractivity (Wildman–Crippen MR) is 93.6 cm³/mol. The molecule has 1 N–H and O–H groups in total. The number of nitrogens with one attached hydrogen (secondary N) is 1. The summed E-state index contributed by atoms with van der Waals surface area (Å²) in [4.78, 5) is 1.45. The zero-order valence-electron chi connectivity index (χ0n) is 13.1. The van der Waals surface area contributed by atoms with Gasteiger partial charge in [-0.1, -0.05) is 0 Å². The first kappa shape index (κ1) is 14.7. The Hall–Kier alpha value is 0.140. The molecule has 1 aromatic rings. The summed E-state index contributed by atoms with van der Waals surface area (Å²) < 4.78 is 1.27. The third kappa shape index (κ3) is 2.53. The van der Waals surface area contributed by atoms with Crippen molar-refractivity contribution in [3.8, 4) is 0 Å². The summed E-state index contributed by atoms with van der Waals surface area (Å²) in [5, 5.41) is 6.15. The fourth-order valence-corrected chi connectivity index (χ4v) is 7.68. The molecular weight excluding hydrogens is 342 g/mol. The minimum Gasteiger partial charge on any atom is -0.306 e. The Labute approximate surface area is 141 Å². The Bertz CT molecular complexity index is 488. The van der Waals surface area contributed by atoms with Crippen molar-refractivity contribution in [2.75, 3.05) is 0 Å². The van der Waals surface area contributed by atoms with Gasteiger partial charge in [0.05, 0.1) is 0 Å². The summed E-state index contributed by atoms with van der Waals surface area (Å²) in [5.41, 5.74) is 0.604. The standard InChI is InChI=1S/C18H26BrNS/c1-11(17-16(19)3-4-21-17)20-12(2)18-8-13-5-14(9-18)7-15(6-13)10-18/h3-4,11-15,20H,5-10H2,1-2H3. The van der Waals surface area contributed by atoms with Crippen molar-refractivity contribution < 1.29 is 0 Å². The fourth-order valence-electron chi connectivity index (χ4n) is 5.95. The molecule has 4 aliphatic rings. The van der Waals surface area contributed by atoms with E-state index in [0.29, 0.717) is 17.5 Å². The summed E-state index contributed by atoms with van der Waals surface area (Å²) >= 11 is 5.56. The van der Waals surface area contributed by atoms with Crippen LogP contribution in [0.15, 0.2) is 15.9 Å². The molecule has 2 unspecified atom stereocenters. The number of halogens is 1. The molecule has 4 fully saturated rings. The zero-order chi connectivity index (χ0) is 14.6. The van der Waals surface area contributed by atoms with E-state index in [1.165, 1.54) is 47.9 Å². The molecule has 1 aromatic heterocycles. The van der Waals surface area contributed by atoms with E-state index >= 15 is 0 Å². The average molecular weight is 368 g/mol. The quantitative estimate of drug-likeness (QED) is 0.712. The second-order valence-electron chi connectivity index (χ2n) is 8.02. The molecule has 21 heavy (non-hydrogen) atoms. The van der Waals surface area contributed by atoms with E-state index in [2.05, 4.69) is 46.5 Å². The molecule has 2 atom stereocenters. The second kappa shape index (κ2) is 5.35. The summed E-state index contributed by atoms with van der Waals surface area (Å²) in [6.07, 6.45) is 9.09. The highest BCUT2D eigenvalue weighted by Gasteiger charge is 2.53. The van der Waals surface area contributed by atoms with E-state index in [4.69, 9.17) is 0 Å². The maximum absolute atomic E-state index is 3.96. The van der Waals surface area contributed by atoms with Gasteiger partial charge in [0.25, 0.3) is 0 Å². The summed E-state index contributed by atoms with van der Waals surface area (Å²) in [5.74, 6) is 3.14. The van der Waals surface area contributed by atoms with E-state index < -0.39 is 0 Å². The Kier molecular flexibility index (Phi) is 3.75. The minimum absolute atomic E-state index is 0.461. The van der Waals surface area contributed by atoms with Gasteiger partial charge in [0.2, 0.25) is 0 Å². The topological polar surface area (TPSA) is 12.0 Å². The van der Waals surface area contributed by atoms with Gasteiger partial charge in [0, 0.05) is 21.4 Å². The Balaban J connectivity index is 1.50. The summed E-state index contributed by atoms with van der Waals surface area (Å²) in [6, 6.07) is 3.28. The van der Waals surface area contributed by atoms with Gasteiger partial charge in [-0.15, -0.1) is 11.3 Å². The van der Waals surface area contributed by atoms with E-state index in [9.17, 15) is 0 Å². The van der Waals surface area contributed by atoms with Crippen LogP contribution in [0, 0.1) is 23.2 Å². The highest BCUT2D eigenvalue weighted by Crippen LogP contribution is 2.61. The number of hydrogen-bond donors (Lipinski definition) is 1. The van der Waals surface area contributed by atoms with Crippen LogP contribution in [0.1, 0.15) is 63.3 Å². The van der Waals surface area contributed by atoms with Gasteiger partial charge < -0.3 is 5.32 Å². The monoisotopic (exact) mass is 367 g/mol. The van der Waals surface area contributed by atoms with Crippen LogP contribution in [-0.2, 0) is 0 Å². The summed E-state index contributed by atoms with van der Waals surface area (Å²) in [6.45, 7) is 4.79. The molecular formula is C18H26BrNS. The van der Waals surface area contributed by atoms with Crippen LogP contribution < -0.4 is 5.32 Å².